The predicted molar refractivity (Wildman–Crippen MR) is 110 cm³/mol. The number of hydrogen-bond donors (Lipinski definition) is 1. The Bertz CT molecular complexity index is 1030. The van der Waals surface area contributed by atoms with E-state index < -0.39 is 0 Å². The van der Waals surface area contributed by atoms with Crippen molar-refractivity contribution in [2.45, 2.75) is 45.2 Å². The minimum atomic E-state index is 0.0150. The molecule has 6 heteroatoms. The van der Waals surface area contributed by atoms with Gasteiger partial charge in [-0.2, -0.15) is 5.26 Å². The summed E-state index contributed by atoms with van der Waals surface area (Å²) in [6.45, 7) is 8.23. The molecule has 3 aromatic rings. The van der Waals surface area contributed by atoms with Crippen molar-refractivity contribution in [1.82, 2.24) is 14.7 Å². The van der Waals surface area contributed by atoms with E-state index >= 15 is 0 Å². The highest BCUT2D eigenvalue weighted by molar-refractivity contribution is 7.99. The number of nitrogens with zero attached hydrogens (tertiary/aromatic N) is 3. The molecule has 3 rings (SSSR count). The van der Waals surface area contributed by atoms with Crippen LogP contribution in [0, 0.1) is 17.2 Å². The average molecular weight is 381 g/mol. The monoisotopic (exact) mass is 380 g/mol. The Labute approximate surface area is 163 Å². The van der Waals surface area contributed by atoms with Gasteiger partial charge in [-0.25, -0.2) is 4.98 Å². The van der Waals surface area contributed by atoms with E-state index in [1.165, 1.54) is 11.8 Å². The number of carbonyl (C=O) groups excluding carboxylic acids is 1. The Morgan fingerprint density at radius 3 is 2.74 bits per heavy atom. The normalized spacial score (nSPS) is 12.4. The zero-order valence-electron chi connectivity index (χ0n) is 16.1. The molecule has 0 fully saturated rings. The number of benzene rings is 1. The van der Waals surface area contributed by atoms with E-state index in [9.17, 15) is 10.1 Å². The second kappa shape index (κ2) is 8.01. The maximum atomic E-state index is 12.3. The van der Waals surface area contributed by atoms with Gasteiger partial charge in [-0.05, 0) is 43.0 Å². The number of amides is 1. The van der Waals surface area contributed by atoms with Crippen molar-refractivity contribution in [3.8, 4) is 6.07 Å². The van der Waals surface area contributed by atoms with Crippen LogP contribution in [0.1, 0.15) is 38.8 Å². The summed E-state index contributed by atoms with van der Waals surface area (Å²) in [5.41, 5.74) is 4.03. The minimum absolute atomic E-state index is 0.0150. The van der Waals surface area contributed by atoms with Crippen molar-refractivity contribution in [3.05, 3.63) is 41.5 Å². The smallest absolute Gasteiger partial charge is 0.230 e. The molecule has 0 unspecified atom stereocenters. The van der Waals surface area contributed by atoms with E-state index in [4.69, 9.17) is 0 Å². The third-order valence-electron chi connectivity index (χ3n) is 4.86. The lowest BCUT2D eigenvalue weighted by molar-refractivity contribution is -0.119. The highest BCUT2D eigenvalue weighted by Crippen LogP contribution is 2.29. The van der Waals surface area contributed by atoms with Crippen LogP contribution in [-0.2, 0) is 11.2 Å². The van der Waals surface area contributed by atoms with E-state index in [1.54, 1.807) is 0 Å². The molecule has 2 aromatic heterocycles. The number of carbonyl (C=O) groups is 1. The third kappa shape index (κ3) is 3.79. The highest BCUT2D eigenvalue weighted by Gasteiger charge is 2.18. The van der Waals surface area contributed by atoms with Gasteiger partial charge < -0.3 is 5.32 Å². The molecule has 0 saturated heterocycles. The van der Waals surface area contributed by atoms with Crippen molar-refractivity contribution >= 4 is 34.3 Å². The standard InChI is InChI=1S/C21H24N4OS/c1-5-15-10-20(27-12-19(26)23-14(4)13(2)3)25-18-9-7-6-8-17(18)24-21(25)16(15)11-22/h6-10,13-14H,5,12H2,1-4H3,(H,23,26)/t14-/m0/s1. The Hall–Kier alpha value is -2.52. The van der Waals surface area contributed by atoms with Crippen molar-refractivity contribution in [2.75, 3.05) is 5.75 Å². The molecular formula is C21H24N4OS. The molecule has 0 bridgehead atoms. The number of hydrogen-bond acceptors (Lipinski definition) is 4. The third-order valence-corrected chi connectivity index (χ3v) is 5.86. The molecule has 1 amide bonds. The van der Waals surface area contributed by atoms with E-state index in [0.29, 0.717) is 22.9 Å². The number of nitriles is 1. The van der Waals surface area contributed by atoms with Crippen LogP contribution in [0.5, 0.6) is 0 Å². The Balaban J connectivity index is 2.02. The Morgan fingerprint density at radius 2 is 2.07 bits per heavy atom. The van der Waals surface area contributed by atoms with Crippen LogP contribution < -0.4 is 5.32 Å². The summed E-state index contributed by atoms with van der Waals surface area (Å²) in [6.07, 6.45) is 0.743. The van der Waals surface area contributed by atoms with Crippen LogP contribution in [0.4, 0.5) is 0 Å². The SMILES string of the molecule is CCc1cc(SCC(=O)N[C@@H](C)C(C)C)n2c(nc3ccccc32)c1C#N. The summed E-state index contributed by atoms with van der Waals surface area (Å²) in [7, 11) is 0. The number of imidazole rings is 1. The molecule has 0 radical (unpaired) electrons. The zero-order chi connectivity index (χ0) is 19.6. The summed E-state index contributed by atoms with van der Waals surface area (Å²) >= 11 is 1.48. The average Bonchev–Trinajstić information content (AvgIpc) is 3.04. The molecule has 1 atom stereocenters. The van der Waals surface area contributed by atoms with E-state index in [0.717, 1.165) is 28.0 Å². The largest absolute Gasteiger partial charge is 0.353 e. The van der Waals surface area contributed by atoms with Crippen molar-refractivity contribution in [1.29, 1.82) is 5.26 Å². The van der Waals surface area contributed by atoms with Gasteiger partial charge in [0.1, 0.15) is 6.07 Å². The predicted octanol–water partition coefficient (Wildman–Crippen LogP) is 4.17. The van der Waals surface area contributed by atoms with Crippen LogP contribution in [0.15, 0.2) is 35.4 Å². The van der Waals surface area contributed by atoms with Crippen LogP contribution >= 0.6 is 11.8 Å². The first-order chi connectivity index (χ1) is 13.0. The Kier molecular flexibility index (Phi) is 5.71. The van der Waals surface area contributed by atoms with Gasteiger partial charge in [-0.1, -0.05) is 44.7 Å². The quantitative estimate of drug-likeness (QED) is 0.652. The highest BCUT2D eigenvalue weighted by atomic mass is 32.2. The second-order valence-electron chi connectivity index (χ2n) is 7.00. The molecule has 1 aromatic carbocycles. The van der Waals surface area contributed by atoms with Gasteiger partial charge in [0.2, 0.25) is 5.91 Å². The molecule has 0 aliphatic heterocycles. The number of fused-ring (bicyclic) bond motifs is 3. The van der Waals surface area contributed by atoms with Crippen LogP contribution in [0.3, 0.4) is 0 Å². The van der Waals surface area contributed by atoms with Crippen molar-refractivity contribution in [2.24, 2.45) is 5.92 Å². The Morgan fingerprint density at radius 1 is 1.33 bits per heavy atom. The number of aryl methyl sites for hydroxylation is 1. The summed E-state index contributed by atoms with van der Waals surface area (Å²) in [5.74, 6) is 0.735. The fraction of sp³-hybridized carbons (Fsp3) is 0.381. The summed E-state index contributed by atoms with van der Waals surface area (Å²) in [6, 6.07) is 12.3. The minimum Gasteiger partial charge on any atom is -0.353 e. The first-order valence-electron chi connectivity index (χ1n) is 9.21. The molecule has 27 heavy (non-hydrogen) atoms. The van der Waals surface area contributed by atoms with Gasteiger partial charge in [0.15, 0.2) is 5.65 Å². The maximum absolute atomic E-state index is 12.3. The van der Waals surface area contributed by atoms with E-state index in [1.807, 2.05) is 48.6 Å². The lowest BCUT2D eigenvalue weighted by atomic mass is 10.1. The maximum Gasteiger partial charge on any atom is 0.230 e. The number of rotatable bonds is 6. The number of pyridine rings is 1. The van der Waals surface area contributed by atoms with Crippen molar-refractivity contribution in [3.63, 3.8) is 0 Å². The topological polar surface area (TPSA) is 70.2 Å². The molecule has 2 heterocycles. The molecule has 0 saturated carbocycles. The molecular weight excluding hydrogens is 356 g/mol. The summed E-state index contributed by atoms with van der Waals surface area (Å²) in [4.78, 5) is 17.0. The van der Waals surface area contributed by atoms with Crippen LogP contribution in [-0.4, -0.2) is 27.1 Å². The summed E-state index contributed by atoms with van der Waals surface area (Å²) < 4.78 is 2.00. The second-order valence-corrected chi connectivity index (χ2v) is 7.99. The lowest BCUT2D eigenvalue weighted by Gasteiger charge is -2.17. The van der Waals surface area contributed by atoms with Gasteiger partial charge >= 0.3 is 0 Å². The van der Waals surface area contributed by atoms with Crippen LogP contribution in [0.25, 0.3) is 16.7 Å². The first-order valence-corrected chi connectivity index (χ1v) is 10.2. The molecule has 0 spiro atoms. The van der Waals surface area contributed by atoms with Gasteiger partial charge in [0.25, 0.3) is 0 Å². The van der Waals surface area contributed by atoms with Gasteiger partial charge in [-0.3, -0.25) is 9.20 Å². The first kappa shape index (κ1) is 19.2. The number of thioether (sulfide) groups is 1. The van der Waals surface area contributed by atoms with Crippen molar-refractivity contribution < 1.29 is 4.79 Å². The lowest BCUT2D eigenvalue weighted by Crippen LogP contribution is -2.37. The fourth-order valence-corrected chi connectivity index (χ4v) is 3.86. The van der Waals surface area contributed by atoms with Crippen LogP contribution in [0.2, 0.25) is 0 Å². The number of nitrogens with one attached hydrogen (secondary N) is 1. The summed E-state index contributed by atoms with van der Waals surface area (Å²) in [5, 5.41) is 13.6. The molecule has 140 valence electrons. The number of para-hydroxylation sites is 2. The molecule has 0 aliphatic carbocycles. The van der Waals surface area contributed by atoms with Gasteiger partial charge in [-0.15, -0.1) is 0 Å². The van der Waals surface area contributed by atoms with E-state index in [-0.39, 0.29) is 11.9 Å². The number of aromatic nitrogens is 2. The molecule has 5 nitrogen and oxygen atoms in total. The van der Waals surface area contributed by atoms with Gasteiger partial charge in [0, 0.05) is 6.04 Å². The van der Waals surface area contributed by atoms with Gasteiger partial charge in [0.05, 0.1) is 27.4 Å². The zero-order valence-corrected chi connectivity index (χ0v) is 16.9. The van der Waals surface area contributed by atoms with E-state index in [2.05, 4.69) is 30.2 Å². The molecule has 1 N–H and O–H groups in total. The molecule has 0 aliphatic rings. The fourth-order valence-electron chi connectivity index (χ4n) is 2.95.